The van der Waals surface area contributed by atoms with E-state index >= 15 is 0 Å². The standard InChI is InChI=1S/C19H31N3O2S.HI/c1-7-23-16-9-14-8-13(2)24-17(14)10-15(16)11-21-18(20-5)22-12-19(3,4)25-6;/h9-10,13H,7-8,11-12H2,1-6H3,(H2,20,21,22);1H. The summed E-state index contributed by atoms with van der Waals surface area (Å²) in [5.74, 6) is 2.69. The monoisotopic (exact) mass is 493 g/mol. The third-order valence-electron chi connectivity index (χ3n) is 4.28. The van der Waals surface area contributed by atoms with E-state index in [9.17, 15) is 0 Å². The Balaban J connectivity index is 0.00000338. The van der Waals surface area contributed by atoms with Crippen molar-refractivity contribution in [1.29, 1.82) is 0 Å². The lowest BCUT2D eigenvalue weighted by Crippen LogP contribution is -2.43. The Morgan fingerprint density at radius 3 is 2.73 bits per heavy atom. The Kier molecular flexibility index (Phi) is 9.36. The molecule has 0 amide bonds. The highest BCUT2D eigenvalue weighted by Crippen LogP contribution is 2.35. The molecule has 1 atom stereocenters. The fourth-order valence-corrected chi connectivity index (χ4v) is 2.89. The van der Waals surface area contributed by atoms with Crippen molar-refractivity contribution in [2.75, 3.05) is 26.5 Å². The van der Waals surface area contributed by atoms with E-state index in [-0.39, 0.29) is 34.8 Å². The fourth-order valence-electron chi connectivity index (χ4n) is 2.68. The highest BCUT2D eigenvalue weighted by Gasteiger charge is 2.22. The molecule has 0 spiro atoms. The van der Waals surface area contributed by atoms with E-state index in [1.165, 1.54) is 5.56 Å². The SMILES string of the molecule is CCOc1cc2c(cc1CNC(=NC)NCC(C)(C)SC)OC(C)C2.I. The first kappa shape index (κ1) is 23.2. The molecule has 0 fully saturated rings. The maximum atomic E-state index is 5.89. The Hall–Kier alpha value is -0.830. The van der Waals surface area contributed by atoms with E-state index in [1.54, 1.807) is 7.05 Å². The molecule has 2 rings (SSSR count). The molecule has 1 aromatic carbocycles. The third-order valence-corrected chi connectivity index (χ3v) is 5.53. The van der Waals surface area contributed by atoms with E-state index in [0.717, 1.165) is 36.0 Å². The Labute approximate surface area is 179 Å². The van der Waals surface area contributed by atoms with Crippen molar-refractivity contribution in [2.24, 2.45) is 4.99 Å². The van der Waals surface area contributed by atoms with Crippen molar-refractivity contribution in [3.8, 4) is 11.5 Å². The van der Waals surface area contributed by atoms with Gasteiger partial charge in [0.05, 0.1) is 6.61 Å². The number of ether oxygens (including phenoxy) is 2. The Morgan fingerprint density at radius 1 is 1.38 bits per heavy atom. The zero-order valence-electron chi connectivity index (χ0n) is 16.6. The molecule has 0 bridgehead atoms. The number of benzene rings is 1. The molecule has 148 valence electrons. The number of nitrogens with one attached hydrogen (secondary N) is 2. The minimum atomic E-state index is 0. The smallest absolute Gasteiger partial charge is 0.191 e. The lowest BCUT2D eigenvalue weighted by molar-refractivity contribution is 0.254. The van der Waals surface area contributed by atoms with Crippen LogP contribution in [0.4, 0.5) is 0 Å². The van der Waals surface area contributed by atoms with Gasteiger partial charge in [0, 0.05) is 42.4 Å². The van der Waals surface area contributed by atoms with E-state index in [0.29, 0.717) is 13.2 Å². The van der Waals surface area contributed by atoms with Gasteiger partial charge in [-0.1, -0.05) is 0 Å². The summed E-state index contributed by atoms with van der Waals surface area (Å²) in [7, 11) is 1.79. The average Bonchev–Trinajstić information content (AvgIpc) is 2.94. The van der Waals surface area contributed by atoms with Gasteiger partial charge in [-0.3, -0.25) is 4.99 Å². The second-order valence-electron chi connectivity index (χ2n) is 6.88. The molecule has 0 saturated carbocycles. The van der Waals surface area contributed by atoms with Gasteiger partial charge in [-0.25, -0.2) is 0 Å². The summed E-state index contributed by atoms with van der Waals surface area (Å²) in [6.07, 6.45) is 3.30. The summed E-state index contributed by atoms with van der Waals surface area (Å²) in [5.41, 5.74) is 2.31. The maximum absolute atomic E-state index is 5.89. The molecule has 0 aromatic heterocycles. The van der Waals surface area contributed by atoms with Crippen LogP contribution < -0.4 is 20.1 Å². The first-order valence-corrected chi connectivity index (χ1v) is 10.1. The predicted molar refractivity (Wildman–Crippen MR) is 123 cm³/mol. The van der Waals surface area contributed by atoms with Crippen LogP contribution in [0.25, 0.3) is 0 Å². The number of halogens is 1. The van der Waals surface area contributed by atoms with Gasteiger partial charge in [0.2, 0.25) is 0 Å². The topological polar surface area (TPSA) is 54.9 Å². The van der Waals surface area contributed by atoms with Gasteiger partial charge in [-0.2, -0.15) is 11.8 Å². The Morgan fingerprint density at radius 2 is 2.12 bits per heavy atom. The number of hydrogen-bond acceptors (Lipinski definition) is 4. The molecular weight excluding hydrogens is 461 g/mol. The summed E-state index contributed by atoms with van der Waals surface area (Å²) in [5, 5.41) is 6.77. The third kappa shape index (κ3) is 6.40. The zero-order chi connectivity index (χ0) is 18.4. The molecule has 1 aliphatic heterocycles. The second kappa shape index (κ2) is 10.5. The second-order valence-corrected chi connectivity index (χ2v) is 8.39. The van der Waals surface area contributed by atoms with Crippen molar-refractivity contribution in [2.45, 2.75) is 51.5 Å². The number of rotatable bonds is 7. The van der Waals surface area contributed by atoms with Gasteiger partial charge in [-0.05, 0) is 46.1 Å². The van der Waals surface area contributed by atoms with E-state index in [2.05, 4.69) is 54.8 Å². The van der Waals surface area contributed by atoms with Crippen LogP contribution in [0.15, 0.2) is 17.1 Å². The zero-order valence-corrected chi connectivity index (χ0v) is 19.8. The molecule has 7 heteroatoms. The highest BCUT2D eigenvalue weighted by atomic mass is 127. The summed E-state index contributed by atoms with van der Waals surface area (Å²) in [6, 6.07) is 4.21. The number of thioether (sulfide) groups is 1. The van der Waals surface area contributed by atoms with Crippen molar-refractivity contribution >= 4 is 41.7 Å². The lowest BCUT2D eigenvalue weighted by atomic mass is 10.1. The van der Waals surface area contributed by atoms with Crippen LogP contribution in [0.2, 0.25) is 0 Å². The highest BCUT2D eigenvalue weighted by molar-refractivity contribution is 14.0. The number of aliphatic imine (C=N–C) groups is 1. The minimum absolute atomic E-state index is 0. The predicted octanol–water partition coefficient (Wildman–Crippen LogP) is 3.83. The van der Waals surface area contributed by atoms with Crippen LogP contribution >= 0.6 is 35.7 Å². The van der Waals surface area contributed by atoms with Gasteiger partial charge in [0.1, 0.15) is 17.6 Å². The molecular formula is C19H32IN3O2S. The van der Waals surface area contributed by atoms with Crippen LogP contribution in [0.3, 0.4) is 0 Å². The number of guanidine groups is 1. The summed E-state index contributed by atoms with van der Waals surface area (Å²) >= 11 is 1.83. The average molecular weight is 493 g/mol. The molecule has 1 heterocycles. The Bertz CT molecular complexity index is 623. The van der Waals surface area contributed by atoms with E-state index < -0.39 is 0 Å². The largest absolute Gasteiger partial charge is 0.494 e. The van der Waals surface area contributed by atoms with Gasteiger partial charge >= 0.3 is 0 Å². The maximum Gasteiger partial charge on any atom is 0.191 e. The minimum Gasteiger partial charge on any atom is -0.494 e. The molecule has 0 aliphatic carbocycles. The van der Waals surface area contributed by atoms with Crippen LogP contribution in [-0.2, 0) is 13.0 Å². The molecule has 5 nitrogen and oxygen atoms in total. The molecule has 1 aliphatic rings. The molecule has 2 N–H and O–H groups in total. The lowest BCUT2D eigenvalue weighted by Gasteiger charge is -2.24. The van der Waals surface area contributed by atoms with Crippen molar-refractivity contribution < 1.29 is 9.47 Å². The molecule has 26 heavy (non-hydrogen) atoms. The van der Waals surface area contributed by atoms with E-state index in [1.807, 2.05) is 18.7 Å². The fraction of sp³-hybridized carbons (Fsp3) is 0.632. The van der Waals surface area contributed by atoms with Crippen molar-refractivity contribution in [1.82, 2.24) is 10.6 Å². The number of fused-ring (bicyclic) bond motifs is 1. The van der Waals surface area contributed by atoms with Gasteiger partial charge in [-0.15, -0.1) is 24.0 Å². The molecule has 0 saturated heterocycles. The van der Waals surface area contributed by atoms with Crippen molar-refractivity contribution in [3.05, 3.63) is 23.3 Å². The number of nitrogens with zero attached hydrogens (tertiary/aromatic N) is 1. The van der Waals surface area contributed by atoms with Crippen LogP contribution in [0.1, 0.15) is 38.8 Å². The molecule has 0 radical (unpaired) electrons. The summed E-state index contributed by atoms with van der Waals surface area (Å²) < 4.78 is 11.9. The van der Waals surface area contributed by atoms with Gasteiger partial charge in [0.15, 0.2) is 5.96 Å². The van der Waals surface area contributed by atoms with Crippen LogP contribution in [0, 0.1) is 0 Å². The van der Waals surface area contributed by atoms with Gasteiger partial charge in [0.25, 0.3) is 0 Å². The molecule has 1 aromatic rings. The quantitative estimate of drug-likeness (QED) is 0.344. The summed E-state index contributed by atoms with van der Waals surface area (Å²) in [4.78, 5) is 4.31. The number of hydrogen-bond donors (Lipinski definition) is 2. The van der Waals surface area contributed by atoms with Crippen molar-refractivity contribution in [3.63, 3.8) is 0 Å². The first-order valence-electron chi connectivity index (χ1n) is 8.83. The molecule has 1 unspecified atom stereocenters. The van der Waals surface area contributed by atoms with Crippen LogP contribution in [0.5, 0.6) is 11.5 Å². The normalized spacial score (nSPS) is 16.4. The summed E-state index contributed by atoms with van der Waals surface area (Å²) in [6.45, 7) is 10.7. The van der Waals surface area contributed by atoms with Gasteiger partial charge < -0.3 is 20.1 Å². The van der Waals surface area contributed by atoms with Crippen LogP contribution in [-0.4, -0.2) is 43.3 Å². The van der Waals surface area contributed by atoms with E-state index in [4.69, 9.17) is 9.47 Å². The first-order chi connectivity index (χ1) is 11.9.